The summed E-state index contributed by atoms with van der Waals surface area (Å²) in [5.74, 6) is 0. The van der Waals surface area contributed by atoms with Crippen LogP contribution in [-0.2, 0) is 23.7 Å². The van der Waals surface area contributed by atoms with E-state index in [2.05, 4.69) is 0 Å². The van der Waals surface area contributed by atoms with E-state index in [1.54, 1.807) is 4.90 Å². The number of aliphatic hydroxyl groups excluding tert-OH is 4. The minimum Gasteiger partial charge on any atom is -0.395 e. The van der Waals surface area contributed by atoms with Crippen LogP contribution in [0.15, 0.2) is 0 Å². The lowest BCUT2D eigenvalue weighted by molar-refractivity contribution is -0.109. The van der Waals surface area contributed by atoms with Gasteiger partial charge in [0.25, 0.3) is 0 Å². The van der Waals surface area contributed by atoms with Gasteiger partial charge in [0.2, 0.25) is 0 Å². The molecule has 0 bridgehead atoms. The molecule has 0 radical (unpaired) electrons. The Kier molecular flexibility index (Phi) is 35.5. The molecule has 0 amide bonds. The van der Waals surface area contributed by atoms with Crippen LogP contribution in [0.1, 0.15) is 34.1 Å². The van der Waals surface area contributed by atoms with E-state index in [1.165, 1.54) is 0 Å². The number of aliphatic hydroxyl groups is 4. The third kappa shape index (κ3) is 22.3. The fourth-order valence-electron chi connectivity index (χ4n) is 2.26. The molecule has 0 saturated carbocycles. The minimum atomic E-state index is -0.561. The molecule has 0 saturated heterocycles. The number of nitrogens with zero attached hydrogens (tertiary/aromatic N) is 1. The van der Waals surface area contributed by atoms with Gasteiger partial charge < -0.3 is 44.2 Å². The molecule has 31 heavy (non-hydrogen) atoms. The van der Waals surface area contributed by atoms with Gasteiger partial charge in [0, 0.05) is 13.0 Å². The van der Waals surface area contributed by atoms with Crippen LogP contribution in [0.4, 0.5) is 0 Å². The Balaban J connectivity index is -0.00000184. The SMILES string of the molecule is CC.CC.O=CCCOCCOCCOCCOCCN(C(CO)CO)C(CO)CO. The van der Waals surface area contributed by atoms with Gasteiger partial charge in [-0.2, -0.15) is 0 Å². The number of hydrogen-bond acceptors (Lipinski definition) is 10. The van der Waals surface area contributed by atoms with Gasteiger partial charge in [-0.1, -0.05) is 27.7 Å². The van der Waals surface area contributed by atoms with Crippen molar-refractivity contribution in [2.45, 2.75) is 46.2 Å². The van der Waals surface area contributed by atoms with Crippen LogP contribution >= 0.6 is 0 Å². The summed E-state index contributed by atoms with van der Waals surface area (Å²) in [4.78, 5) is 11.7. The average Bonchev–Trinajstić information content (AvgIpc) is 2.83. The van der Waals surface area contributed by atoms with E-state index in [0.717, 1.165) is 6.29 Å². The number of hydrogen-bond donors (Lipinski definition) is 4. The van der Waals surface area contributed by atoms with Crippen LogP contribution in [-0.4, -0.2) is 130 Å². The standard InChI is InChI=1S/C17H35NO9.2C2H6/c19-3-1-4-24-6-8-26-10-11-27-9-7-25-5-2-18(16(12-20)13-21)17(14-22)15-23;2*1-2/h3,16-17,20-23H,1-2,4-15H2;2*1-2H3. The zero-order valence-electron chi connectivity index (χ0n) is 19.9. The van der Waals surface area contributed by atoms with E-state index in [4.69, 9.17) is 18.9 Å². The smallest absolute Gasteiger partial charge is 0.122 e. The lowest BCUT2D eigenvalue weighted by Crippen LogP contribution is -2.51. The predicted molar refractivity (Wildman–Crippen MR) is 119 cm³/mol. The summed E-state index contributed by atoms with van der Waals surface area (Å²) in [6, 6.07) is -1.12. The molecule has 0 rings (SSSR count). The molecule has 0 aliphatic heterocycles. The number of carbonyl (C=O) groups is 1. The van der Waals surface area contributed by atoms with Crippen LogP contribution in [0.25, 0.3) is 0 Å². The number of ether oxygens (including phenoxy) is 4. The molecule has 0 fully saturated rings. The van der Waals surface area contributed by atoms with Crippen molar-refractivity contribution in [3.63, 3.8) is 0 Å². The third-order valence-electron chi connectivity index (χ3n) is 3.77. The molecular weight excluding hydrogens is 410 g/mol. The van der Waals surface area contributed by atoms with Crippen molar-refractivity contribution >= 4 is 6.29 Å². The van der Waals surface area contributed by atoms with E-state index in [9.17, 15) is 25.2 Å². The van der Waals surface area contributed by atoms with Gasteiger partial charge in [-0.25, -0.2) is 0 Å². The Morgan fingerprint density at radius 2 is 0.935 bits per heavy atom. The molecule has 10 heteroatoms. The molecule has 0 atom stereocenters. The summed E-state index contributed by atoms with van der Waals surface area (Å²) in [6.45, 7) is 10.5. The Hall–Kier alpha value is -0.690. The van der Waals surface area contributed by atoms with Gasteiger partial charge in [-0.3, -0.25) is 4.90 Å². The third-order valence-corrected chi connectivity index (χ3v) is 3.77. The molecule has 0 heterocycles. The molecule has 4 N–H and O–H groups in total. The van der Waals surface area contributed by atoms with Crippen molar-refractivity contribution < 1.29 is 44.2 Å². The van der Waals surface area contributed by atoms with Crippen molar-refractivity contribution in [1.82, 2.24) is 4.90 Å². The van der Waals surface area contributed by atoms with Gasteiger partial charge in [0.15, 0.2) is 0 Å². The van der Waals surface area contributed by atoms with Crippen LogP contribution in [0.2, 0.25) is 0 Å². The Bertz CT molecular complexity index is 305. The van der Waals surface area contributed by atoms with Gasteiger partial charge in [-0.05, 0) is 0 Å². The number of carbonyl (C=O) groups excluding carboxylic acids is 1. The summed E-state index contributed by atoms with van der Waals surface area (Å²) < 4.78 is 21.2. The normalized spacial score (nSPS) is 10.7. The van der Waals surface area contributed by atoms with Crippen molar-refractivity contribution in [2.75, 3.05) is 85.8 Å². The molecule has 0 unspecified atom stereocenters. The summed E-state index contributed by atoms with van der Waals surface area (Å²) in [6.07, 6.45) is 1.20. The second-order valence-corrected chi connectivity index (χ2v) is 5.68. The lowest BCUT2D eigenvalue weighted by atomic mass is 10.2. The first-order valence-electron chi connectivity index (χ1n) is 11.2. The zero-order chi connectivity index (χ0) is 24.2. The number of rotatable bonds is 21. The van der Waals surface area contributed by atoms with E-state index in [0.29, 0.717) is 65.8 Å². The maximum Gasteiger partial charge on any atom is 0.122 e. The first-order valence-corrected chi connectivity index (χ1v) is 11.2. The van der Waals surface area contributed by atoms with Crippen molar-refractivity contribution in [3.05, 3.63) is 0 Å². The first-order chi connectivity index (χ1) is 15.2. The lowest BCUT2D eigenvalue weighted by Gasteiger charge is -2.34. The molecular formula is C21H47NO9. The molecule has 0 aromatic heterocycles. The fraction of sp³-hybridized carbons (Fsp3) is 0.952. The summed E-state index contributed by atoms with van der Waals surface area (Å²) in [5, 5.41) is 37.2. The van der Waals surface area contributed by atoms with Crippen molar-refractivity contribution in [2.24, 2.45) is 0 Å². The maximum atomic E-state index is 10.1. The van der Waals surface area contributed by atoms with Crippen LogP contribution in [0, 0.1) is 0 Å². The van der Waals surface area contributed by atoms with E-state index >= 15 is 0 Å². The van der Waals surface area contributed by atoms with Gasteiger partial charge >= 0.3 is 0 Å². The summed E-state index contributed by atoms with van der Waals surface area (Å²) in [7, 11) is 0. The molecule has 0 spiro atoms. The highest BCUT2D eigenvalue weighted by Crippen LogP contribution is 2.05. The minimum absolute atomic E-state index is 0.280. The van der Waals surface area contributed by atoms with Crippen LogP contribution < -0.4 is 0 Å². The molecule has 0 aromatic rings. The molecule has 0 aliphatic carbocycles. The second kappa shape index (κ2) is 31.5. The predicted octanol–water partition coefficient (Wildman–Crippen LogP) is -0.297. The number of aldehydes is 1. The van der Waals surface area contributed by atoms with Gasteiger partial charge in [0.1, 0.15) is 6.29 Å². The van der Waals surface area contributed by atoms with Crippen LogP contribution in [0.3, 0.4) is 0 Å². The molecule has 10 nitrogen and oxygen atoms in total. The van der Waals surface area contributed by atoms with E-state index < -0.39 is 12.1 Å². The quantitative estimate of drug-likeness (QED) is 0.134. The van der Waals surface area contributed by atoms with Crippen molar-refractivity contribution in [3.8, 4) is 0 Å². The first kappa shape index (κ1) is 34.9. The maximum absolute atomic E-state index is 10.1. The summed E-state index contributed by atoms with van der Waals surface area (Å²) >= 11 is 0. The second-order valence-electron chi connectivity index (χ2n) is 5.68. The topological polar surface area (TPSA) is 138 Å². The van der Waals surface area contributed by atoms with Gasteiger partial charge in [-0.15, -0.1) is 0 Å². The Morgan fingerprint density at radius 3 is 1.26 bits per heavy atom. The molecule has 190 valence electrons. The van der Waals surface area contributed by atoms with Crippen LogP contribution in [0.5, 0.6) is 0 Å². The fourth-order valence-corrected chi connectivity index (χ4v) is 2.26. The zero-order valence-corrected chi connectivity index (χ0v) is 19.9. The van der Waals surface area contributed by atoms with E-state index in [1.807, 2.05) is 27.7 Å². The highest BCUT2D eigenvalue weighted by molar-refractivity contribution is 5.49. The Morgan fingerprint density at radius 1 is 0.613 bits per heavy atom. The highest BCUT2D eigenvalue weighted by atomic mass is 16.6. The Labute approximate surface area is 188 Å². The monoisotopic (exact) mass is 457 g/mol. The molecule has 0 aliphatic rings. The molecule has 0 aromatic carbocycles. The summed E-state index contributed by atoms with van der Waals surface area (Å²) in [5.41, 5.74) is 0. The van der Waals surface area contributed by atoms with Crippen molar-refractivity contribution in [1.29, 1.82) is 0 Å². The van der Waals surface area contributed by atoms with E-state index in [-0.39, 0.29) is 26.4 Å². The van der Waals surface area contributed by atoms with Gasteiger partial charge in [0.05, 0.1) is 91.4 Å². The average molecular weight is 458 g/mol. The highest BCUT2D eigenvalue weighted by Gasteiger charge is 2.24. The largest absolute Gasteiger partial charge is 0.395 e.